The maximum absolute atomic E-state index is 13.3. The zero-order valence-electron chi connectivity index (χ0n) is 12.9. The van der Waals surface area contributed by atoms with Gasteiger partial charge in [0.1, 0.15) is 5.82 Å². The number of amides is 1. The summed E-state index contributed by atoms with van der Waals surface area (Å²) in [5.74, 6) is -2.92. The molecular formula is C18H11ClFNO4. The molecule has 5 nitrogen and oxygen atoms in total. The zero-order chi connectivity index (χ0) is 18.3. The fraction of sp³-hybridized carbons (Fsp3) is 0.0556. The largest absolute Gasteiger partial charge is 0.478 e. The molecule has 1 N–H and O–H groups in total. The van der Waals surface area contributed by atoms with Crippen molar-refractivity contribution in [1.29, 1.82) is 0 Å². The summed E-state index contributed by atoms with van der Waals surface area (Å²) >= 11 is 5.72. The Morgan fingerprint density at radius 1 is 1.20 bits per heavy atom. The first kappa shape index (κ1) is 16.9. The van der Waals surface area contributed by atoms with Crippen LogP contribution in [0.15, 0.2) is 42.0 Å². The number of likely N-dealkylation sites (N-methyl/N-ethyl adjacent to an activating group) is 1. The van der Waals surface area contributed by atoms with Crippen LogP contribution in [0.3, 0.4) is 0 Å². The van der Waals surface area contributed by atoms with E-state index in [1.54, 1.807) is 0 Å². The lowest BCUT2D eigenvalue weighted by molar-refractivity contribution is -0.114. The molecule has 3 rings (SSSR count). The summed E-state index contributed by atoms with van der Waals surface area (Å²) in [5.41, 5.74) is 0.615. The highest BCUT2D eigenvalue weighted by Crippen LogP contribution is 2.31. The number of hydrogen-bond acceptors (Lipinski definition) is 3. The lowest BCUT2D eigenvalue weighted by Gasteiger charge is -2.26. The van der Waals surface area contributed by atoms with Crippen molar-refractivity contribution in [3.8, 4) is 0 Å². The van der Waals surface area contributed by atoms with Crippen LogP contribution in [0, 0.1) is 5.82 Å². The van der Waals surface area contributed by atoms with Gasteiger partial charge >= 0.3 is 5.97 Å². The second-order valence-corrected chi connectivity index (χ2v) is 5.87. The summed E-state index contributed by atoms with van der Waals surface area (Å²) in [4.78, 5) is 37.6. The Balaban J connectivity index is 2.13. The van der Waals surface area contributed by atoms with Crippen LogP contribution in [0.1, 0.15) is 26.3 Å². The number of rotatable bonds is 2. The van der Waals surface area contributed by atoms with Crippen molar-refractivity contribution in [2.24, 2.45) is 0 Å². The van der Waals surface area contributed by atoms with Crippen LogP contribution in [-0.2, 0) is 4.79 Å². The van der Waals surface area contributed by atoms with Gasteiger partial charge in [0.25, 0.3) is 5.91 Å². The van der Waals surface area contributed by atoms with Crippen LogP contribution in [-0.4, -0.2) is 29.8 Å². The summed E-state index contributed by atoms with van der Waals surface area (Å²) in [6.45, 7) is 0. The fourth-order valence-electron chi connectivity index (χ4n) is 2.57. The highest BCUT2D eigenvalue weighted by Gasteiger charge is 2.33. The van der Waals surface area contributed by atoms with Crippen molar-refractivity contribution in [3.63, 3.8) is 0 Å². The molecule has 2 aromatic carbocycles. The van der Waals surface area contributed by atoms with Gasteiger partial charge in [-0.1, -0.05) is 17.7 Å². The maximum atomic E-state index is 13.3. The standard InChI is InChI=1S/C18H11ClFNO4/c1-21-15-5-3-10(18(24)25)8-11(15)16(22)12(17(21)23)6-9-2-4-14(20)13(19)7-9/h2-8H,1H3,(H,24,25)/b12-6+. The Kier molecular flexibility index (Phi) is 4.14. The molecular weight excluding hydrogens is 349 g/mol. The van der Waals surface area contributed by atoms with Crippen LogP contribution >= 0.6 is 11.6 Å². The number of carboxylic acids is 1. The number of halogens is 2. The van der Waals surface area contributed by atoms with Crippen molar-refractivity contribution in [1.82, 2.24) is 0 Å². The Morgan fingerprint density at radius 3 is 2.56 bits per heavy atom. The van der Waals surface area contributed by atoms with Crippen molar-refractivity contribution in [3.05, 3.63) is 69.5 Å². The van der Waals surface area contributed by atoms with Gasteiger partial charge in [0, 0.05) is 12.6 Å². The van der Waals surface area contributed by atoms with Gasteiger partial charge in [-0.05, 0) is 42.0 Å². The molecule has 1 heterocycles. The van der Waals surface area contributed by atoms with Gasteiger partial charge in [-0.2, -0.15) is 0 Å². The van der Waals surface area contributed by atoms with Crippen LogP contribution in [0.4, 0.5) is 10.1 Å². The Bertz CT molecular complexity index is 968. The number of hydrogen-bond donors (Lipinski definition) is 1. The second-order valence-electron chi connectivity index (χ2n) is 5.46. The molecule has 25 heavy (non-hydrogen) atoms. The number of anilines is 1. The van der Waals surface area contributed by atoms with E-state index in [9.17, 15) is 18.8 Å². The number of ketones is 1. The summed E-state index contributed by atoms with van der Waals surface area (Å²) in [6, 6.07) is 7.79. The molecule has 126 valence electrons. The van der Waals surface area contributed by atoms with E-state index < -0.39 is 23.5 Å². The van der Waals surface area contributed by atoms with E-state index in [0.29, 0.717) is 11.3 Å². The third-order valence-electron chi connectivity index (χ3n) is 3.88. The summed E-state index contributed by atoms with van der Waals surface area (Å²) < 4.78 is 13.3. The van der Waals surface area contributed by atoms with Gasteiger partial charge in [-0.15, -0.1) is 0 Å². The summed E-state index contributed by atoms with van der Waals surface area (Å²) in [6.07, 6.45) is 1.31. The van der Waals surface area contributed by atoms with E-state index in [2.05, 4.69) is 0 Å². The molecule has 1 aliphatic heterocycles. The zero-order valence-corrected chi connectivity index (χ0v) is 13.7. The van der Waals surface area contributed by atoms with Gasteiger partial charge in [0.05, 0.1) is 21.8 Å². The number of fused-ring (bicyclic) bond motifs is 1. The van der Waals surface area contributed by atoms with Crippen LogP contribution < -0.4 is 4.90 Å². The van der Waals surface area contributed by atoms with E-state index in [4.69, 9.17) is 16.7 Å². The number of carbonyl (C=O) groups excluding carboxylic acids is 2. The van der Waals surface area contributed by atoms with E-state index in [1.165, 1.54) is 48.4 Å². The Labute approximate surface area is 146 Å². The SMILES string of the molecule is CN1C(=O)/C(=C/c2ccc(F)c(Cl)c2)C(=O)c2cc(C(=O)O)ccc21. The smallest absolute Gasteiger partial charge is 0.335 e. The first-order chi connectivity index (χ1) is 11.8. The van der Waals surface area contributed by atoms with Crippen molar-refractivity contribution >= 4 is 41.0 Å². The van der Waals surface area contributed by atoms with E-state index in [-0.39, 0.29) is 21.7 Å². The van der Waals surface area contributed by atoms with Gasteiger partial charge < -0.3 is 10.0 Å². The number of benzene rings is 2. The normalized spacial score (nSPS) is 15.5. The van der Waals surface area contributed by atoms with Crippen LogP contribution in [0.5, 0.6) is 0 Å². The van der Waals surface area contributed by atoms with E-state index >= 15 is 0 Å². The summed E-state index contributed by atoms with van der Waals surface area (Å²) in [5, 5.41) is 8.96. The van der Waals surface area contributed by atoms with Crippen molar-refractivity contribution < 1.29 is 23.9 Å². The minimum absolute atomic E-state index is 0.0565. The average molecular weight is 360 g/mol. The van der Waals surface area contributed by atoms with Gasteiger partial charge in [-0.25, -0.2) is 9.18 Å². The second kappa shape index (κ2) is 6.14. The molecule has 0 aliphatic carbocycles. The molecule has 0 fully saturated rings. The third-order valence-corrected chi connectivity index (χ3v) is 4.17. The molecule has 0 atom stereocenters. The lowest BCUT2D eigenvalue weighted by Crippen LogP contribution is -2.36. The van der Waals surface area contributed by atoms with E-state index in [1.807, 2.05) is 0 Å². The molecule has 1 amide bonds. The topological polar surface area (TPSA) is 74.7 Å². The molecule has 0 spiro atoms. The first-order valence-electron chi connectivity index (χ1n) is 7.16. The van der Waals surface area contributed by atoms with Gasteiger partial charge in [-0.3, -0.25) is 9.59 Å². The average Bonchev–Trinajstić information content (AvgIpc) is 2.59. The molecule has 2 aromatic rings. The minimum Gasteiger partial charge on any atom is -0.478 e. The number of nitrogens with zero attached hydrogens (tertiary/aromatic N) is 1. The number of carboxylic acid groups (broad SMARTS) is 1. The molecule has 0 radical (unpaired) electrons. The highest BCUT2D eigenvalue weighted by atomic mass is 35.5. The maximum Gasteiger partial charge on any atom is 0.335 e. The van der Waals surface area contributed by atoms with Crippen molar-refractivity contribution in [2.75, 3.05) is 11.9 Å². The summed E-state index contributed by atoms with van der Waals surface area (Å²) in [7, 11) is 1.49. The minimum atomic E-state index is -1.18. The molecule has 0 saturated heterocycles. The molecule has 1 aliphatic rings. The van der Waals surface area contributed by atoms with Crippen LogP contribution in [0.2, 0.25) is 5.02 Å². The van der Waals surface area contributed by atoms with Crippen LogP contribution in [0.25, 0.3) is 6.08 Å². The van der Waals surface area contributed by atoms with Crippen molar-refractivity contribution in [2.45, 2.75) is 0 Å². The third kappa shape index (κ3) is 2.92. The Hall–Kier alpha value is -2.99. The molecule has 0 aromatic heterocycles. The fourth-order valence-corrected chi connectivity index (χ4v) is 2.76. The molecule has 0 saturated carbocycles. The molecule has 7 heteroatoms. The first-order valence-corrected chi connectivity index (χ1v) is 7.54. The molecule has 0 bridgehead atoms. The lowest BCUT2D eigenvalue weighted by atomic mass is 9.92. The number of Topliss-reactive ketones (excluding diaryl/α,β-unsaturated/α-hetero) is 1. The number of carbonyl (C=O) groups is 3. The molecule has 0 unspecified atom stereocenters. The van der Waals surface area contributed by atoms with Gasteiger partial charge in [0.15, 0.2) is 0 Å². The quantitative estimate of drug-likeness (QED) is 0.658. The Morgan fingerprint density at radius 2 is 1.92 bits per heavy atom. The highest BCUT2D eigenvalue weighted by molar-refractivity contribution is 6.37. The van der Waals surface area contributed by atoms with Gasteiger partial charge in [0.2, 0.25) is 5.78 Å². The number of aromatic carboxylic acids is 1. The predicted molar refractivity (Wildman–Crippen MR) is 90.5 cm³/mol. The predicted octanol–water partition coefficient (Wildman–Crippen LogP) is 3.42. The van der Waals surface area contributed by atoms with E-state index in [0.717, 1.165) is 6.07 Å². The monoisotopic (exact) mass is 359 g/mol.